The molecule has 6 heteroatoms. The zero-order valence-electron chi connectivity index (χ0n) is 7.96. The minimum absolute atomic E-state index is 0.406. The van der Waals surface area contributed by atoms with Crippen molar-refractivity contribution in [2.75, 3.05) is 0 Å². The summed E-state index contributed by atoms with van der Waals surface area (Å²) in [5, 5.41) is -0.406. The van der Waals surface area contributed by atoms with Crippen LogP contribution in [0.2, 0.25) is 19.6 Å². The van der Waals surface area contributed by atoms with Crippen LogP contribution in [0.25, 0.3) is 0 Å². The normalized spacial score (nSPS) is 11.9. The summed E-state index contributed by atoms with van der Waals surface area (Å²) in [4.78, 5) is 2.69. The van der Waals surface area contributed by atoms with Gasteiger partial charge in [-0.25, -0.2) is 4.39 Å². The highest BCUT2D eigenvalue weighted by atomic mass is 28.3. The average molecular weight is 223 g/mol. The van der Waals surface area contributed by atoms with E-state index in [1.165, 1.54) is 0 Å². The van der Waals surface area contributed by atoms with Gasteiger partial charge in [-0.15, -0.1) is 0 Å². The lowest BCUT2D eigenvalue weighted by Crippen LogP contribution is -2.44. The third kappa shape index (κ3) is 1.79. The molecule has 14 heavy (non-hydrogen) atoms. The number of halogens is 4. The Labute approximate surface area is 79.8 Å². The third-order valence-electron chi connectivity index (χ3n) is 1.75. The Balaban J connectivity index is 3.53. The molecule has 1 aromatic rings. The maximum absolute atomic E-state index is 13.2. The number of aromatic nitrogens is 1. The molecule has 0 saturated heterocycles. The van der Waals surface area contributed by atoms with Gasteiger partial charge in [-0.2, -0.15) is 18.2 Å². The molecule has 0 bridgehead atoms. The Kier molecular flexibility index (Phi) is 2.66. The fourth-order valence-electron chi connectivity index (χ4n) is 1.12. The van der Waals surface area contributed by atoms with Crippen LogP contribution in [-0.2, 0) is 0 Å². The quantitative estimate of drug-likeness (QED) is 0.404. The van der Waals surface area contributed by atoms with E-state index in [1.807, 2.05) is 0 Å². The van der Waals surface area contributed by atoms with Gasteiger partial charge in [0.2, 0.25) is 11.8 Å². The number of rotatable bonds is 1. The average Bonchev–Trinajstić information content (AvgIpc) is 1.97. The molecule has 0 aromatic carbocycles. The fourth-order valence-corrected chi connectivity index (χ4v) is 2.56. The summed E-state index contributed by atoms with van der Waals surface area (Å²) in [6.07, 6.45) is 0. The van der Waals surface area contributed by atoms with Crippen molar-refractivity contribution < 1.29 is 17.6 Å². The van der Waals surface area contributed by atoms with E-state index in [4.69, 9.17) is 0 Å². The first-order chi connectivity index (χ1) is 6.25. The molecular formula is C8H9F4NSi. The molecule has 0 spiro atoms. The molecular weight excluding hydrogens is 214 g/mol. The SMILES string of the molecule is C[Si](C)(C)c1c(F)nc(F)c(F)c1F. The Hall–Kier alpha value is -0.913. The van der Waals surface area contributed by atoms with Crippen LogP contribution in [0.4, 0.5) is 17.6 Å². The van der Waals surface area contributed by atoms with Crippen LogP contribution >= 0.6 is 0 Å². The van der Waals surface area contributed by atoms with Gasteiger partial charge < -0.3 is 0 Å². The number of pyridine rings is 1. The molecule has 78 valence electrons. The standard InChI is InChI=1S/C8H9F4NSi/c1-14(2,3)6-4(9)5(10)7(11)13-8(6)12/h1-3H3. The first kappa shape index (κ1) is 11.2. The van der Waals surface area contributed by atoms with Gasteiger partial charge in [-0.1, -0.05) is 19.6 Å². The van der Waals surface area contributed by atoms with E-state index in [1.54, 1.807) is 19.6 Å². The minimum Gasteiger partial charge on any atom is -0.204 e. The fraction of sp³-hybridized carbons (Fsp3) is 0.375. The van der Waals surface area contributed by atoms with E-state index in [0.717, 1.165) is 0 Å². The number of hydrogen-bond acceptors (Lipinski definition) is 1. The second kappa shape index (κ2) is 3.34. The van der Waals surface area contributed by atoms with Crippen LogP contribution in [0.5, 0.6) is 0 Å². The van der Waals surface area contributed by atoms with Gasteiger partial charge in [0, 0.05) is 5.19 Å². The molecule has 1 aromatic heterocycles. The van der Waals surface area contributed by atoms with Crippen molar-refractivity contribution in [3.05, 3.63) is 23.5 Å². The van der Waals surface area contributed by atoms with Crippen molar-refractivity contribution in [3.63, 3.8) is 0 Å². The van der Waals surface area contributed by atoms with Gasteiger partial charge in [0.1, 0.15) is 0 Å². The summed E-state index contributed by atoms with van der Waals surface area (Å²) in [5.41, 5.74) is 0. The summed E-state index contributed by atoms with van der Waals surface area (Å²) in [6.45, 7) is 4.86. The van der Waals surface area contributed by atoms with E-state index in [9.17, 15) is 17.6 Å². The lowest BCUT2D eigenvalue weighted by atomic mass is 10.4. The molecule has 0 aliphatic rings. The highest BCUT2D eigenvalue weighted by molar-refractivity contribution is 6.88. The zero-order chi connectivity index (χ0) is 11.1. The van der Waals surface area contributed by atoms with E-state index in [-0.39, 0.29) is 0 Å². The van der Waals surface area contributed by atoms with Crippen LogP contribution in [0.1, 0.15) is 0 Å². The van der Waals surface area contributed by atoms with Crippen LogP contribution in [0.3, 0.4) is 0 Å². The smallest absolute Gasteiger partial charge is 0.204 e. The van der Waals surface area contributed by atoms with Crippen molar-refractivity contribution in [1.29, 1.82) is 0 Å². The molecule has 0 saturated carbocycles. The number of hydrogen-bond donors (Lipinski definition) is 0. The van der Waals surface area contributed by atoms with Gasteiger partial charge in [-0.05, 0) is 0 Å². The molecule has 0 atom stereocenters. The van der Waals surface area contributed by atoms with E-state index in [2.05, 4.69) is 4.98 Å². The Morgan fingerprint density at radius 2 is 1.36 bits per heavy atom. The Morgan fingerprint density at radius 3 is 1.79 bits per heavy atom. The first-order valence-electron chi connectivity index (χ1n) is 3.95. The van der Waals surface area contributed by atoms with Crippen molar-refractivity contribution in [1.82, 2.24) is 4.98 Å². The van der Waals surface area contributed by atoms with Gasteiger partial charge in [0.15, 0.2) is 5.82 Å². The van der Waals surface area contributed by atoms with E-state index < -0.39 is 36.8 Å². The predicted molar refractivity (Wildman–Crippen MR) is 47.0 cm³/mol. The molecule has 0 N–H and O–H groups in total. The topological polar surface area (TPSA) is 12.9 Å². The molecule has 0 unspecified atom stereocenters. The summed E-state index contributed by atoms with van der Waals surface area (Å²) < 4.78 is 51.4. The highest BCUT2D eigenvalue weighted by Crippen LogP contribution is 2.13. The summed E-state index contributed by atoms with van der Waals surface area (Å²) >= 11 is 0. The van der Waals surface area contributed by atoms with Gasteiger partial charge in [-0.3, -0.25) is 0 Å². The maximum atomic E-state index is 13.2. The summed E-state index contributed by atoms with van der Waals surface area (Å²) in [6, 6.07) is 0. The summed E-state index contributed by atoms with van der Waals surface area (Å²) in [5.74, 6) is -6.14. The second-order valence-corrected chi connectivity index (χ2v) is 8.95. The summed E-state index contributed by atoms with van der Waals surface area (Å²) in [7, 11) is -2.40. The molecule has 1 rings (SSSR count). The lowest BCUT2D eigenvalue weighted by molar-refractivity contribution is 0.407. The van der Waals surface area contributed by atoms with Crippen LogP contribution in [0, 0.1) is 23.5 Å². The molecule has 1 heterocycles. The van der Waals surface area contributed by atoms with E-state index in [0.29, 0.717) is 0 Å². The van der Waals surface area contributed by atoms with Gasteiger partial charge in [0.05, 0.1) is 8.07 Å². The zero-order valence-corrected chi connectivity index (χ0v) is 8.96. The molecule has 0 aliphatic carbocycles. The van der Waals surface area contributed by atoms with Crippen LogP contribution in [0.15, 0.2) is 0 Å². The van der Waals surface area contributed by atoms with Gasteiger partial charge >= 0.3 is 0 Å². The third-order valence-corrected chi connectivity index (χ3v) is 3.67. The van der Waals surface area contributed by atoms with E-state index >= 15 is 0 Å². The Morgan fingerprint density at radius 1 is 0.857 bits per heavy atom. The molecule has 0 radical (unpaired) electrons. The lowest BCUT2D eigenvalue weighted by Gasteiger charge is -2.17. The van der Waals surface area contributed by atoms with Crippen molar-refractivity contribution in [2.45, 2.75) is 19.6 Å². The molecule has 0 aliphatic heterocycles. The Bertz CT molecular complexity index is 373. The minimum atomic E-state index is -2.40. The van der Waals surface area contributed by atoms with Crippen molar-refractivity contribution in [3.8, 4) is 0 Å². The molecule has 0 fully saturated rings. The predicted octanol–water partition coefficient (Wildman–Crippen LogP) is 2.18. The van der Waals surface area contributed by atoms with Crippen molar-refractivity contribution in [2.24, 2.45) is 0 Å². The van der Waals surface area contributed by atoms with Crippen molar-refractivity contribution >= 4 is 13.3 Å². The number of nitrogens with zero attached hydrogens (tertiary/aromatic N) is 1. The molecule has 0 amide bonds. The second-order valence-electron chi connectivity index (χ2n) is 3.95. The largest absolute Gasteiger partial charge is 0.254 e. The van der Waals surface area contributed by atoms with Crippen LogP contribution in [-0.4, -0.2) is 13.1 Å². The highest BCUT2D eigenvalue weighted by Gasteiger charge is 2.30. The molecule has 1 nitrogen and oxygen atoms in total. The first-order valence-corrected chi connectivity index (χ1v) is 7.45. The monoisotopic (exact) mass is 223 g/mol. The maximum Gasteiger partial charge on any atom is 0.254 e. The van der Waals surface area contributed by atoms with Crippen LogP contribution < -0.4 is 5.19 Å². The van der Waals surface area contributed by atoms with Gasteiger partial charge in [0.25, 0.3) is 5.95 Å².